The third-order valence-corrected chi connectivity index (χ3v) is 2.97. The predicted octanol–water partition coefficient (Wildman–Crippen LogP) is 2.48. The number of benzene rings is 1. The summed E-state index contributed by atoms with van der Waals surface area (Å²) in [5.41, 5.74) is 6.05. The molecule has 0 saturated heterocycles. The normalized spacial score (nSPS) is 9.67. The number of amides is 2. The van der Waals surface area contributed by atoms with Gasteiger partial charge in [0.1, 0.15) is 0 Å². The van der Waals surface area contributed by atoms with Gasteiger partial charge in [0.2, 0.25) is 0 Å². The van der Waals surface area contributed by atoms with Crippen LogP contribution in [0.5, 0.6) is 0 Å². The van der Waals surface area contributed by atoms with Crippen LogP contribution >= 0.6 is 11.8 Å². The Morgan fingerprint density at radius 3 is 2.87 bits per heavy atom. The first kappa shape index (κ1) is 11.7. The molecular formula is C11H14N2OS. The summed E-state index contributed by atoms with van der Waals surface area (Å²) in [6.07, 6.45) is 1.83. The lowest BCUT2D eigenvalue weighted by Gasteiger charge is -2.17. The van der Waals surface area contributed by atoms with Crippen molar-refractivity contribution in [2.75, 3.05) is 17.7 Å². The maximum Gasteiger partial charge on any atom is 0.319 e. The fourth-order valence-corrected chi connectivity index (χ4v) is 1.95. The van der Waals surface area contributed by atoms with Crippen LogP contribution in [-0.4, -0.2) is 18.8 Å². The molecule has 0 fully saturated rings. The zero-order valence-electron chi connectivity index (χ0n) is 8.64. The highest BCUT2D eigenvalue weighted by atomic mass is 32.2. The molecule has 0 saturated carbocycles. The largest absolute Gasteiger partial charge is 0.351 e. The highest BCUT2D eigenvalue weighted by molar-refractivity contribution is 7.99. The number of urea groups is 1. The van der Waals surface area contributed by atoms with Gasteiger partial charge >= 0.3 is 6.03 Å². The highest BCUT2D eigenvalue weighted by Crippen LogP contribution is 2.29. The van der Waals surface area contributed by atoms with E-state index in [1.54, 1.807) is 18.8 Å². The molecule has 0 spiro atoms. The first-order chi connectivity index (χ1) is 7.16. The molecule has 2 amide bonds. The molecule has 0 aromatic heterocycles. The molecule has 1 aromatic rings. The molecule has 2 N–H and O–H groups in total. The van der Waals surface area contributed by atoms with Gasteiger partial charge in [0.25, 0.3) is 0 Å². The van der Waals surface area contributed by atoms with E-state index in [0.717, 1.165) is 16.3 Å². The minimum Gasteiger partial charge on any atom is -0.351 e. The van der Waals surface area contributed by atoms with Gasteiger partial charge in [-0.15, -0.1) is 18.3 Å². The van der Waals surface area contributed by atoms with E-state index >= 15 is 0 Å². The van der Waals surface area contributed by atoms with Crippen LogP contribution in [0.3, 0.4) is 0 Å². The fraction of sp³-hybridized carbons (Fsp3) is 0.182. The SMILES string of the molecule is C=CCSc1ccccc1N(C)C(N)=O. The molecule has 0 radical (unpaired) electrons. The molecule has 1 aromatic carbocycles. The number of anilines is 1. The number of primary amides is 1. The lowest BCUT2D eigenvalue weighted by atomic mass is 10.3. The Hall–Kier alpha value is -1.42. The number of para-hydroxylation sites is 1. The van der Waals surface area contributed by atoms with E-state index < -0.39 is 6.03 Å². The fourth-order valence-electron chi connectivity index (χ4n) is 1.12. The van der Waals surface area contributed by atoms with Crippen molar-refractivity contribution in [3.63, 3.8) is 0 Å². The van der Waals surface area contributed by atoms with Crippen molar-refractivity contribution in [3.8, 4) is 0 Å². The number of nitrogens with zero attached hydrogens (tertiary/aromatic N) is 1. The van der Waals surface area contributed by atoms with Gasteiger partial charge in [0.05, 0.1) is 5.69 Å². The summed E-state index contributed by atoms with van der Waals surface area (Å²) in [7, 11) is 1.66. The maximum atomic E-state index is 11.0. The molecular weight excluding hydrogens is 208 g/mol. The van der Waals surface area contributed by atoms with E-state index in [1.807, 2.05) is 30.3 Å². The van der Waals surface area contributed by atoms with Crippen LogP contribution < -0.4 is 10.6 Å². The number of hydrogen-bond acceptors (Lipinski definition) is 2. The number of thioether (sulfide) groups is 1. The predicted molar refractivity (Wildman–Crippen MR) is 65.3 cm³/mol. The topological polar surface area (TPSA) is 46.3 Å². The third kappa shape index (κ3) is 3.02. The molecule has 0 bridgehead atoms. The molecule has 0 atom stereocenters. The van der Waals surface area contributed by atoms with Crippen LogP contribution in [-0.2, 0) is 0 Å². The van der Waals surface area contributed by atoms with E-state index in [2.05, 4.69) is 6.58 Å². The van der Waals surface area contributed by atoms with Crippen LogP contribution in [0.25, 0.3) is 0 Å². The molecule has 80 valence electrons. The Bertz CT molecular complexity index is 365. The first-order valence-corrected chi connectivity index (χ1v) is 5.51. The molecule has 0 aliphatic rings. The van der Waals surface area contributed by atoms with E-state index in [-0.39, 0.29) is 0 Å². The minimum atomic E-state index is -0.457. The smallest absolute Gasteiger partial charge is 0.319 e. The van der Waals surface area contributed by atoms with Crippen LogP contribution in [0.15, 0.2) is 41.8 Å². The van der Waals surface area contributed by atoms with Gasteiger partial charge in [-0.2, -0.15) is 0 Å². The Morgan fingerprint density at radius 2 is 2.27 bits per heavy atom. The summed E-state index contributed by atoms with van der Waals surface area (Å²) in [6.45, 7) is 3.66. The summed E-state index contributed by atoms with van der Waals surface area (Å²) >= 11 is 1.63. The third-order valence-electron chi connectivity index (χ3n) is 1.91. The standard InChI is InChI=1S/C11H14N2OS/c1-3-8-15-10-7-5-4-6-9(10)13(2)11(12)14/h3-7H,1,8H2,2H3,(H2,12,14). The number of hydrogen-bond donors (Lipinski definition) is 1. The molecule has 15 heavy (non-hydrogen) atoms. The lowest BCUT2D eigenvalue weighted by molar-refractivity contribution is 0.255. The van der Waals surface area contributed by atoms with Crippen molar-refractivity contribution in [1.29, 1.82) is 0 Å². The summed E-state index contributed by atoms with van der Waals surface area (Å²) in [4.78, 5) is 13.5. The molecule has 0 unspecified atom stereocenters. The van der Waals surface area contributed by atoms with E-state index in [1.165, 1.54) is 4.90 Å². The maximum absolute atomic E-state index is 11.0. The zero-order valence-corrected chi connectivity index (χ0v) is 9.46. The highest BCUT2D eigenvalue weighted by Gasteiger charge is 2.10. The van der Waals surface area contributed by atoms with Crippen molar-refractivity contribution in [2.45, 2.75) is 4.90 Å². The van der Waals surface area contributed by atoms with Gasteiger partial charge in [0, 0.05) is 17.7 Å². The molecule has 0 heterocycles. The lowest BCUT2D eigenvalue weighted by Crippen LogP contribution is -2.32. The number of carbonyl (C=O) groups is 1. The van der Waals surface area contributed by atoms with E-state index in [9.17, 15) is 4.79 Å². The first-order valence-electron chi connectivity index (χ1n) is 4.52. The summed E-state index contributed by atoms with van der Waals surface area (Å²) in [6, 6.07) is 7.19. The van der Waals surface area contributed by atoms with Crippen molar-refractivity contribution >= 4 is 23.5 Å². The summed E-state index contributed by atoms with van der Waals surface area (Å²) < 4.78 is 0. The number of carbonyl (C=O) groups excluding carboxylic acids is 1. The van der Waals surface area contributed by atoms with Crippen molar-refractivity contribution < 1.29 is 4.79 Å². The Morgan fingerprint density at radius 1 is 1.60 bits per heavy atom. The molecule has 0 aliphatic heterocycles. The summed E-state index contributed by atoms with van der Waals surface area (Å²) in [5.74, 6) is 0.809. The van der Waals surface area contributed by atoms with Crippen molar-refractivity contribution in [1.82, 2.24) is 0 Å². The second-order valence-electron chi connectivity index (χ2n) is 2.96. The molecule has 4 heteroatoms. The van der Waals surface area contributed by atoms with Crippen LogP contribution in [0.2, 0.25) is 0 Å². The molecule has 1 rings (SSSR count). The van der Waals surface area contributed by atoms with E-state index in [4.69, 9.17) is 5.73 Å². The molecule has 3 nitrogen and oxygen atoms in total. The van der Waals surface area contributed by atoms with Gasteiger partial charge in [-0.05, 0) is 12.1 Å². The second-order valence-corrected chi connectivity index (χ2v) is 4.03. The van der Waals surface area contributed by atoms with Crippen LogP contribution in [0.1, 0.15) is 0 Å². The van der Waals surface area contributed by atoms with Crippen molar-refractivity contribution in [3.05, 3.63) is 36.9 Å². The Balaban J connectivity index is 2.94. The van der Waals surface area contributed by atoms with Gasteiger partial charge < -0.3 is 5.73 Å². The van der Waals surface area contributed by atoms with Gasteiger partial charge in [-0.25, -0.2) is 4.79 Å². The summed E-state index contributed by atoms with van der Waals surface area (Å²) in [5, 5.41) is 0. The molecule has 0 aliphatic carbocycles. The quantitative estimate of drug-likeness (QED) is 0.628. The number of nitrogens with two attached hydrogens (primary N) is 1. The van der Waals surface area contributed by atoms with Gasteiger partial charge in [-0.1, -0.05) is 18.2 Å². The zero-order chi connectivity index (χ0) is 11.3. The van der Waals surface area contributed by atoms with Crippen LogP contribution in [0.4, 0.5) is 10.5 Å². The average Bonchev–Trinajstić information content (AvgIpc) is 2.25. The van der Waals surface area contributed by atoms with Crippen molar-refractivity contribution in [2.24, 2.45) is 5.73 Å². The minimum absolute atomic E-state index is 0.457. The average molecular weight is 222 g/mol. The Kier molecular flexibility index (Phi) is 4.24. The number of rotatable bonds is 4. The van der Waals surface area contributed by atoms with Gasteiger partial charge in [0.15, 0.2) is 0 Å². The Labute approximate surface area is 94.0 Å². The monoisotopic (exact) mass is 222 g/mol. The van der Waals surface area contributed by atoms with Crippen LogP contribution in [0, 0.1) is 0 Å². The van der Waals surface area contributed by atoms with E-state index in [0.29, 0.717) is 0 Å². The van der Waals surface area contributed by atoms with Gasteiger partial charge in [-0.3, -0.25) is 4.90 Å². The second kappa shape index (κ2) is 5.46.